The van der Waals surface area contributed by atoms with Gasteiger partial charge in [0.1, 0.15) is 6.61 Å². The lowest BCUT2D eigenvalue weighted by Gasteiger charge is -2.18. The van der Waals surface area contributed by atoms with Gasteiger partial charge in [-0.1, -0.05) is 25.3 Å². The molecule has 0 radical (unpaired) electrons. The molecule has 0 aliphatic carbocycles. The predicted molar refractivity (Wildman–Crippen MR) is 126 cm³/mol. The van der Waals surface area contributed by atoms with Crippen LogP contribution in [-0.4, -0.2) is 44.5 Å². The quantitative estimate of drug-likeness (QED) is 0.177. The van der Waals surface area contributed by atoms with E-state index in [1.165, 1.54) is 0 Å². The Labute approximate surface area is 186 Å². The number of benzene rings is 1. The number of nitrogens with one attached hydrogen (secondary N) is 2. The van der Waals surface area contributed by atoms with Crippen LogP contribution in [-0.2, 0) is 6.54 Å². The summed E-state index contributed by atoms with van der Waals surface area (Å²) in [6.45, 7) is 6.68. The molecule has 0 bridgehead atoms. The van der Waals surface area contributed by atoms with Crippen molar-refractivity contribution in [2.45, 2.75) is 39.7 Å². The Bertz CT molecular complexity index is 611. The van der Waals surface area contributed by atoms with Crippen LogP contribution in [0.25, 0.3) is 0 Å². The van der Waals surface area contributed by atoms with Gasteiger partial charge < -0.3 is 25.2 Å². The third-order valence-electron chi connectivity index (χ3n) is 4.10. The van der Waals surface area contributed by atoms with Crippen molar-refractivity contribution in [2.75, 3.05) is 33.4 Å². The fourth-order valence-corrected chi connectivity index (χ4v) is 2.74. The average Bonchev–Trinajstić information content (AvgIpc) is 2.68. The van der Waals surface area contributed by atoms with Crippen LogP contribution in [0.4, 0.5) is 0 Å². The van der Waals surface area contributed by atoms with E-state index in [4.69, 9.17) is 15.9 Å². The molecule has 6 nitrogen and oxygen atoms in total. The van der Waals surface area contributed by atoms with E-state index in [9.17, 15) is 5.11 Å². The molecule has 0 heterocycles. The van der Waals surface area contributed by atoms with Crippen molar-refractivity contribution in [1.82, 2.24) is 10.6 Å². The fourth-order valence-electron chi connectivity index (χ4n) is 2.74. The largest absolute Gasteiger partial charge is 0.493 e. The number of guanidine groups is 1. The van der Waals surface area contributed by atoms with E-state index < -0.39 is 0 Å². The van der Waals surface area contributed by atoms with Crippen molar-refractivity contribution in [3.8, 4) is 23.8 Å². The summed E-state index contributed by atoms with van der Waals surface area (Å²) in [7, 11) is 1.60. The maximum absolute atomic E-state index is 9.21. The number of rotatable bonds is 12. The maximum Gasteiger partial charge on any atom is 0.191 e. The molecular weight excluding hydrogens is 469 g/mol. The van der Waals surface area contributed by atoms with E-state index in [-0.39, 0.29) is 37.2 Å². The van der Waals surface area contributed by atoms with Crippen molar-refractivity contribution in [3.63, 3.8) is 0 Å². The molecule has 1 aromatic carbocycles. The molecule has 0 amide bonds. The van der Waals surface area contributed by atoms with Crippen LogP contribution in [0.3, 0.4) is 0 Å². The molecule has 1 unspecified atom stereocenters. The molecule has 3 N–H and O–H groups in total. The van der Waals surface area contributed by atoms with Crippen LogP contribution in [0.1, 0.15) is 38.7 Å². The van der Waals surface area contributed by atoms with Gasteiger partial charge in [-0.15, -0.1) is 30.4 Å². The first kappa shape index (κ1) is 26.3. The van der Waals surface area contributed by atoms with Crippen LogP contribution in [0.5, 0.6) is 11.5 Å². The molecule has 1 atom stereocenters. The summed E-state index contributed by atoms with van der Waals surface area (Å²) in [5.74, 6) is 4.92. The molecular formula is C21H34IN3O3. The van der Waals surface area contributed by atoms with E-state index in [1.54, 1.807) is 7.11 Å². The number of aliphatic hydroxyl groups is 1. The Balaban J connectivity index is 0.00000729. The van der Waals surface area contributed by atoms with Crippen LogP contribution in [0, 0.1) is 18.3 Å². The SMILES string of the molecule is C#CCOc1cc(CN=C(NCC)NCC(CCC)CCO)ccc1OC.I. The second-order valence-corrected chi connectivity index (χ2v) is 6.22. The highest BCUT2D eigenvalue weighted by Crippen LogP contribution is 2.28. The minimum atomic E-state index is 0. The normalized spacial score (nSPS) is 11.8. The van der Waals surface area contributed by atoms with Crippen molar-refractivity contribution in [1.29, 1.82) is 0 Å². The minimum Gasteiger partial charge on any atom is -0.493 e. The number of aliphatic imine (C=N–C) groups is 1. The second kappa shape index (κ2) is 16.3. The highest BCUT2D eigenvalue weighted by atomic mass is 127. The average molecular weight is 503 g/mol. The van der Waals surface area contributed by atoms with E-state index in [0.29, 0.717) is 24.0 Å². The number of hydrogen-bond acceptors (Lipinski definition) is 4. The zero-order valence-electron chi connectivity index (χ0n) is 17.2. The molecule has 0 aliphatic heterocycles. The van der Waals surface area contributed by atoms with Crippen molar-refractivity contribution in [2.24, 2.45) is 10.9 Å². The number of nitrogens with zero attached hydrogens (tertiary/aromatic N) is 1. The summed E-state index contributed by atoms with van der Waals surface area (Å²) in [5, 5.41) is 15.8. The zero-order chi connectivity index (χ0) is 19.9. The third-order valence-corrected chi connectivity index (χ3v) is 4.10. The minimum absolute atomic E-state index is 0. The highest BCUT2D eigenvalue weighted by Gasteiger charge is 2.09. The van der Waals surface area contributed by atoms with E-state index in [2.05, 4.69) is 28.5 Å². The number of halogens is 1. The van der Waals surface area contributed by atoms with E-state index >= 15 is 0 Å². The predicted octanol–water partition coefficient (Wildman–Crippen LogP) is 3.18. The zero-order valence-corrected chi connectivity index (χ0v) is 19.5. The van der Waals surface area contributed by atoms with Gasteiger partial charge in [0.05, 0.1) is 13.7 Å². The monoisotopic (exact) mass is 503 g/mol. The topological polar surface area (TPSA) is 75.1 Å². The molecule has 28 heavy (non-hydrogen) atoms. The Morgan fingerprint density at radius 3 is 2.64 bits per heavy atom. The van der Waals surface area contributed by atoms with Gasteiger partial charge in [-0.25, -0.2) is 4.99 Å². The molecule has 0 saturated carbocycles. The third kappa shape index (κ3) is 10.0. The number of hydrogen-bond donors (Lipinski definition) is 3. The van der Waals surface area contributed by atoms with Crippen LogP contribution < -0.4 is 20.1 Å². The molecule has 0 aromatic heterocycles. The van der Waals surface area contributed by atoms with Crippen molar-refractivity contribution >= 4 is 29.9 Å². The molecule has 0 aliphatic rings. The maximum atomic E-state index is 9.21. The molecule has 1 aromatic rings. The van der Waals surface area contributed by atoms with Gasteiger partial charge in [0.15, 0.2) is 17.5 Å². The summed E-state index contributed by atoms with van der Waals surface area (Å²) in [4.78, 5) is 4.65. The first-order chi connectivity index (χ1) is 13.2. The van der Waals surface area contributed by atoms with Crippen molar-refractivity contribution in [3.05, 3.63) is 23.8 Å². The molecule has 0 saturated heterocycles. The lowest BCUT2D eigenvalue weighted by Crippen LogP contribution is -2.40. The number of ether oxygens (including phenoxy) is 2. The summed E-state index contributed by atoms with van der Waals surface area (Å²) in [6.07, 6.45) is 8.26. The fraction of sp³-hybridized carbons (Fsp3) is 0.571. The summed E-state index contributed by atoms with van der Waals surface area (Å²) >= 11 is 0. The van der Waals surface area contributed by atoms with Gasteiger partial charge in [-0.2, -0.15) is 0 Å². The Morgan fingerprint density at radius 2 is 2.04 bits per heavy atom. The lowest BCUT2D eigenvalue weighted by atomic mass is 10.0. The van der Waals surface area contributed by atoms with Crippen LogP contribution in [0.15, 0.2) is 23.2 Å². The van der Waals surface area contributed by atoms with Gasteiger partial charge in [0.2, 0.25) is 0 Å². The standard InChI is InChI=1S/C21H33N3O3.HI/c1-5-8-17(11-12-25)15-23-21(22-7-3)24-16-18-9-10-19(26-4)20(14-18)27-13-6-2;/h2,9-10,14,17,25H,5,7-8,11-13,15-16H2,1,3-4H3,(H2,22,23,24);1H. The number of methoxy groups -OCH3 is 1. The molecule has 0 fully saturated rings. The van der Waals surface area contributed by atoms with Crippen LogP contribution in [0.2, 0.25) is 0 Å². The van der Waals surface area contributed by atoms with Crippen molar-refractivity contribution < 1.29 is 14.6 Å². The molecule has 0 spiro atoms. The highest BCUT2D eigenvalue weighted by molar-refractivity contribution is 14.0. The summed E-state index contributed by atoms with van der Waals surface area (Å²) in [5.41, 5.74) is 1.00. The molecule has 7 heteroatoms. The smallest absolute Gasteiger partial charge is 0.191 e. The molecule has 1 rings (SSSR count). The van der Waals surface area contributed by atoms with Gasteiger partial charge >= 0.3 is 0 Å². The summed E-state index contributed by atoms with van der Waals surface area (Å²) < 4.78 is 10.8. The number of aliphatic hydroxyl groups excluding tert-OH is 1. The lowest BCUT2D eigenvalue weighted by molar-refractivity contribution is 0.251. The first-order valence-electron chi connectivity index (χ1n) is 9.54. The Morgan fingerprint density at radius 1 is 1.25 bits per heavy atom. The second-order valence-electron chi connectivity index (χ2n) is 6.22. The van der Waals surface area contributed by atoms with E-state index in [1.807, 2.05) is 25.1 Å². The Hall–Kier alpha value is -1.66. The number of terminal acetylenes is 1. The van der Waals surface area contributed by atoms with Crippen LogP contribution >= 0.6 is 24.0 Å². The molecule has 158 valence electrons. The first-order valence-corrected chi connectivity index (χ1v) is 9.54. The van der Waals surface area contributed by atoms with Gasteiger partial charge in [0, 0.05) is 19.7 Å². The Kier molecular flexibility index (Phi) is 15.3. The van der Waals surface area contributed by atoms with Gasteiger partial charge in [0.25, 0.3) is 0 Å². The van der Waals surface area contributed by atoms with E-state index in [0.717, 1.165) is 43.9 Å². The van der Waals surface area contributed by atoms with Gasteiger partial charge in [-0.3, -0.25) is 0 Å². The van der Waals surface area contributed by atoms with Gasteiger partial charge in [-0.05, 0) is 43.4 Å². The summed E-state index contributed by atoms with van der Waals surface area (Å²) in [6, 6.07) is 5.71.